The minimum absolute atomic E-state index is 0.108. The smallest absolute Gasteiger partial charge is 0.435 e. The van der Waals surface area contributed by atoms with Gasteiger partial charge in [-0.05, 0) is 55.4 Å². The van der Waals surface area contributed by atoms with E-state index in [-0.39, 0.29) is 18.2 Å². The van der Waals surface area contributed by atoms with Gasteiger partial charge >= 0.3 is 12.1 Å². The summed E-state index contributed by atoms with van der Waals surface area (Å²) in [6.07, 6.45) is 0.898. The number of para-hydroxylation sites is 1. The normalized spacial score (nSPS) is 11.8. The van der Waals surface area contributed by atoms with E-state index in [0.717, 1.165) is 42.1 Å². The summed E-state index contributed by atoms with van der Waals surface area (Å²) in [6, 6.07) is 7.70. The number of benzene rings is 1. The fraction of sp³-hybridized carbons (Fsp3) is 0.462. The third-order valence-corrected chi connectivity index (χ3v) is 6.11. The summed E-state index contributed by atoms with van der Waals surface area (Å²) in [4.78, 5) is 11.3. The van der Waals surface area contributed by atoms with Crippen molar-refractivity contribution in [3.05, 3.63) is 64.6 Å². The van der Waals surface area contributed by atoms with Crippen LogP contribution in [0.25, 0.3) is 5.82 Å². The molecule has 7 nitrogen and oxygen atoms in total. The molecule has 2 aromatic heterocycles. The number of hydrogen-bond acceptors (Lipinski definition) is 5. The molecule has 0 unspecified atom stereocenters. The van der Waals surface area contributed by atoms with E-state index in [2.05, 4.69) is 29.1 Å². The van der Waals surface area contributed by atoms with E-state index in [1.165, 1.54) is 10.7 Å². The van der Waals surface area contributed by atoms with Gasteiger partial charge in [0.05, 0.1) is 18.7 Å². The quantitative estimate of drug-likeness (QED) is 0.314. The number of hydrogen-bond donors (Lipinski definition) is 1. The molecule has 0 fully saturated rings. The van der Waals surface area contributed by atoms with Gasteiger partial charge in [0, 0.05) is 17.7 Å². The predicted molar refractivity (Wildman–Crippen MR) is 128 cm³/mol. The molecule has 1 N–H and O–H groups in total. The number of carboxylic acid groups (broad SMARTS) is 1. The van der Waals surface area contributed by atoms with Crippen LogP contribution in [0.3, 0.4) is 0 Å². The molecule has 1 aromatic carbocycles. The van der Waals surface area contributed by atoms with Gasteiger partial charge in [0.15, 0.2) is 11.5 Å². The van der Waals surface area contributed by atoms with Gasteiger partial charge < -0.3 is 9.84 Å². The largest absolute Gasteiger partial charge is 0.493 e. The summed E-state index contributed by atoms with van der Waals surface area (Å²) in [5.41, 5.74) is 2.42. The van der Waals surface area contributed by atoms with Crippen molar-refractivity contribution in [3.8, 4) is 11.6 Å². The van der Waals surface area contributed by atoms with Crippen molar-refractivity contribution in [2.24, 2.45) is 0 Å². The molecule has 2 heterocycles. The van der Waals surface area contributed by atoms with Crippen molar-refractivity contribution in [1.82, 2.24) is 20.0 Å². The van der Waals surface area contributed by atoms with E-state index in [4.69, 9.17) is 4.74 Å². The van der Waals surface area contributed by atoms with Gasteiger partial charge in [0.1, 0.15) is 5.75 Å². The monoisotopic (exact) mass is 504 g/mol. The van der Waals surface area contributed by atoms with Crippen LogP contribution in [-0.4, -0.2) is 37.7 Å². The Labute approximate surface area is 208 Å². The Balaban J connectivity index is 1.77. The zero-order valence-corrected chi connectivity index (χ0v) is 20.7. The van der Waals surface area contributed by atoms with Crippen LogP contribution in [0.4, 0.5) is 13.2 Å². The summed E-state index contributed by atoms with van der Waals surface area (Å²) < 4.78 is 46.1. The highest BCUT2D eigenvalue weighted by molar-refractivity contribution is 5.71. The second-order valence-electron chi connectivity index (χ2n) is 8.55. The molecule has 0 bridgehead atoms. The van der Waals surface area contributed by atoms with E-state index in [1.54, 1.807) is 12.3 Å². The van der Waals surface area contributed by atoms with Crippen molar-refractivity contribution >= 4 is 5.97 Å². The van der Waals surface area contributed by atoms with Crippen LogP contribution >= 0.6 is 0 Å². The third-order valence-electron chi connectivity index (χ3n) is 6.11. The summed E-state index contributed by atoms with van der Waals surface area (Å²) in [5, 5.41) is 20.9. The molecule has 0 amide bonds. The lowest BCUT2D eigenvalue weighted by Gasteiger charge is -2.15. The molecule has 0 spiro atoms. The molecule has 0 saturated heterocycles. The fourth-order valence-corrected chi connectivity index (χ4v) is 4.19. The number of aryl methyl sites for hydroxylation is 2. The molecule has 194 valence electrons. The Bertz CT molecular complexity index is 1160. The fourth-order valence-electron chi connectivity index (χ4n) is 4.19. The predicted octanol–water partition coefficient (Wildman–Crippen LogP) is 5.79. The van der Waals surface area contributed by atoms with Crippen LogP contribution in [0.5, 0.6) is 5.75 Å². The molecule has 0 radical (unpaired) electrons. The Morgan fingerprint density at radius 3 is 2.36 bits per heavy atom. The Hall–Kier alpha value is -3.43. The van der Waals surface area contributed by atoms with Gasteiger partial charge in [-0.25, -0.2) is 4.68 Å². The standard InChI is InChI=1S/C26H31F3N4O3/c1-4-17(5-2)24-20(16-33(32-24)22-13-12-21(30-31-22)26(27,28)29)11-8-14-36-25-18(6-3)9-7-10-19(25)15-23(34)35/h7,9-10,12-13,16-17H,4-6,8,11,14-15H2,1-3H3,(H,34,35). The number of halogens is 3. The van der Waals surface area contributed by atoms with Crippen molar-refractivity contribution in [2.75, 3.05) is 6.61 Å². The van der Waals surface area contributed by atoms with Crippen molar-refractivity contribution in [1.29, 1.82) is 0 Å². The number of carboxylic acids is 1. The molecular weight excluding hydrogens is 473 g/mol. The Morgan fingerprint density at radius 1 is 1.06 bits per heavy atom. The van der Waals surface area contributed by atoms with Crippen LogP contribution in [0.15, 0.2) is 36.5 Å². The Kier molecular flexibility index (Phi) is 9.06. The van der Waals surface area contributed by atoms with E-state index in [9.17, 15) is 23.1 Å². The first-order valence-electron chi connectivity index (χ1n) is 12.1. The molecule has 0 atom stereocenters. The maximum atomic E-state index is 12.9. The van der Waals surface area contributed by atoms with E-state index >= 15 is 0 Å². The molecule has 10 heteroatoms. The second kappa shape index (κ2) is 12.0. The van der Waals surface area contributed by atoms with Gasteiger partial charge in [-0.2, -0.15) is 18.3 Å². The first-order valence-corrected chi connectivity index (χ1v) is 12.1. The SMILES string of the molecule is CCc1cccc(CC(=O)O)c1OCCCc1cn(-c2ccc(C(F)(F)F)nn2)nc1C(CC)CC. The lowest BCUT2D eigenvalue weighted by Crippen LogP contribution is -2.11. The first kappa shape index (κ1) is 27.2. The van der Waals surface area contributed by atoms with Crippen molar-refractivity contribution in [3.63, 3.8) is 0 Å². The third kappa shape index (κ3) is 6.61. The maximum Gasteiger partial charge on any atom is 0.435 e. The van der Waals surface area contributed by atoms with E-state index in [1.807, 2.05) is 19.1 Å². The molecule has 0 saturated carbocycles. The van der Waals surface area contributed by atoms with Crippen LogP contribution in [-0.2, 0) is 30.2 Å². The summed E-state index contributed by atoms with van der Waals surface area (Å²) >= 11 is 0. The van der Waals surface area contributed by atoms with Gasteiger partial charge in [0.25, 0.3) is 0 Å². The molecule has 0 aliphatic carbocycles. The highest BCUT2D eigenvalue weighted by Crippen LogP contribution is 2.29. The lowest BCUT2D eigenvalue weighted by molar-refractivity contribution is -0.141. The van der Waals surface area contributed by atoms with Gasteiger partial charge in [-0.1, -0.05) is 39.0 Å². The number of alkyl halides is 3. The molecular formula is C26H31F3N4O3. The lowest BCUT2D eigenvalue weighted by atomic mass is 9.95. The minimum Gasteiger partial charge on any atom is -0.493 e. The van der Waals surface area contributed by atoms with Crippen LogP contribution in [0.1, 0.15) is 74.0 Å². The van der Waals surface area contributed by atoms with Gasteiger partial charge in [-0.15, -0.1) is 10.2 Å². The average molecular weight is 505 g/mol. The number of nitrogens with zero attached hydrogens (tertiary/aromatic N) is 4. The molecule has 0 aliphatic rings. The van der Waals surface area contributed by atoms with Crippen LogP contribution < -0.4 is 4.74 Å². The van der Waals surface area contributed by atoms with E-state index in [0.29, 0.717) is 30.8 Å². The Morgan fingerprint density at radius 2 is 1.78 bits per heavy atom. The molecule has 3 rings (SSSR count). The molecule has 0 aliphatic heterocycles. The van der Waals surface area contributed by atoms with Crippen molar-refractivity contribution < 1.29 is 27.8 Å². The number of carbonyl (C=O) groups is 1. The van der Waals surface area contributed by atoms with Gasteiger partial charge in [-0.3, -0.25) is 4.79 Å². The topological polar surface area (TPSA) is 90.1 Å². The first-order chi connectivity index (χ1) is 17.2. The highest BCUT2D eigenvalue weighted by atomic mass is 19.4. The number of aliphatic carboxylic acids is 1. The summed E-state index contributed by atoms with van der Waals surface area (Å²) in [7, 11) is 0. The summed E-state index contributed by atoms with van der Waals surface area (Å²) in [6.45, 7) is 6.53. The molecule has 3 aromatic rings. The summed E-state index contributed by atoms with van der Waals surface area (Å²) in [5.74, 6) is 0.125. The number of aromatic nitrogens is 4. The highest BCUT2D eigenvalue weighted by Gasteiger charge is 2.33. The maximum absolute atomic E-state index is 12.9. The van der Waals surface area contributed by atoms with Gasteiger partial charge in [0.2, 0.25) is 0 Å². The van der Waals surface area contributed by atoms with Crippen molar-refractivity contribution in [2.45, 2.75) is 71.4 Å². The zero-order chi connectivity index (χ0) is 26.3. The average Bonchev–Trinajstić information content (AvgIpc) is 3.26. The number of ether oxygens (including phenoxy) is 1. The molecule has 36 heavy (non-hydrogen) atoms. The second-order valence-corrected chi connectivity index (χ2v) is 8.55. The number of rotatable bonds is 12. The van der Waals surface area contributed by atoms with Crippen LogP contribution in [0.2, 0.25) is 0 Å². The van der Waals surface area contributed by atoms with E-state index < -0.39 is 17.8 Å². The zero-order valence-electron chi connectivity index (χ0n) is 20.7. The van der Waals surface area contributed by atoms with Crippen LogP contribution in [0, 0.1) is 0 Å². The minimum atomic E-state index is -4.55.